The summed E-state index contributed by atoms with van der Waals surface area (Å²) in [5.41, 5.74) is 0. The lowest BCUT2D eigenvalue weighted by Gasteiger charge is -2.13. The molecule has 0 radical (unpaired) electrons. The maximum Gasteiger partial charge on any atom is 0.170 e. The zero-order valence-electron chi connectivity index (χ0n) is 9.72. The van der Waals surface area contributed by atoms with E-state index in [0.29, 0.717) is 11.5 Å². The normalized spacial score (nSPS) is 10.4. The SMILES string of the molecule is COc1cc(Br)c(Br)cc1Oc1ccc(Br)cc1Br. The van der Waals surface area contributed by atoms with Crippen molar-refractivity contribution in [1.82, 2.24) is 0 Å². The van der Waals surface area contributed by atoms with Gasteiger partial charge in [0.25, 0.3) is 0 Å². The fraction of sp³-hybridized carbons (Fsp3) is 0.0769. The summed E-state index contributed by atoms with van der Waals surface area (Å²) in [7, 11) is 1.61. The third kappa shape index (κ3) is 3.74. The second kappa shape index (κ2) is 6.61. The van der Waals surface area contributed by atoms with Gasteiger partial charge in [-0.1, -0.05) is 15.9 Å². The molecule has 0 atom stereocenters. The van der Waals surface area contributed by atoms with Gasteiger partial charge in [0.2, 0.25) is 0 Å². The van der Waals surface area contributed by atoms with E-state index in [-0.39, 0.29) is 0 Å². The van der Waals surface area contributed by atoms with Crippen LogP contribution in [0.1, 0.15) is 0 Å². The largest absolute Gasteiger partial charge is 0.493 e. The second-order valence-electron chi connectivity index (χ2n) is 3.59. The molecule has 0 heterocycles. The van der Waals surface area contributed by atoms with Gasteiger partial charge in [-0.15, -0.1) is 0 Å². The van der Waals surface area contributed by atoms with E-state index in [1.165, 1.54) is 0 Å². The number of benzene rings is 2. The fourth-order valence-electron chi connectivity index (χ4n) is 1.43. The molecule has 0 N–H and O–H groups in total. The lowest BCUT2D eigenvalue weighted by Crippen LogP contribution is -1.91. The lowest BCUT2D eigenvalue weighted by atomic mass is 10.3. The first-order valence-electron chi connectivity index (χ1n) is 5.17. The molecule has 0 saturated carbocycles. The molecule has 100 valence electrons. The van der Waals surface area contributed by atoms with Crippen molar-refractivity contribution in [1.29, 1.82) is 0 Å². The first-order valence-corrected chi connectivity index (χ1v) is 8.34. The quantitative estimate of drug-likeness (QED) is 0.462. The summed E-state index contributed by atoms with van der Waals surface area (Å²) in [6.07, 6.45) is 0. The summed E-state index contributed by atoms with van der Waals surface area (Å²) in [5.74, 6) is 2.02. The smallest absolute Gasteiger partial charge is 0.170 e. The average molecular weight is 516 g/mol. The Morgan fingerprint density at radius 2 is 1.37 bits per heavy atom. The van der Waals surface area contributed by atoms with Crippen molar-refractivity contribution < 1.29 is 9.47 Å². The minimum atomic E-state index is 0.639. The number of rotatable bonds is 3. The molecule has 6 heteroatoms. The van der Waals surface area contributed by atoms with E-state index in [1.807, 2.05) is 30.3 Å². The Labute approximate surface area is 145 Å². The molecule has 2 rings (SSSR count). The first kappa shape index (κ1) is 15.4. The van der Waals surface area contributed by atoms with Gasteiger partial charge in [-0.05, 0) is 78.1 Å². The van der Waals surface area contributed by atoms with Gasteiger partial charge in [0.1, 0.15) is 5.75 Å². The van der Waals surface area contributed by atoms with Gasteiger partial charge < -0.3 is 9.47 Å². The molecule has 0 aliphatic heterocycles. The molecule has 2 aromatic carbocycles. The minimum absolute atomic E-state index is 0.639. The van der Waals surface area contributed by atoms with Crippen molar-refractivity contribution >= 4 is 63.7 Å². The Bertz CT molecular complexity index is 614. The van der Waals surface area contributed by atoms with E-state index in [0.717, 1.165) is 23.6 Å². The Balaban J connectivity index is 2.40. The van der Waals surface area contributed by atoms with Crippen molar-refractivity contribution in [3.05, 3.63) is 48.2 Å². The van der Waals surface area contributed by atoms with E-state index < -0.39 is 0 Å². The number of hydrogen-bond acceptors (Lipinski definition) is 2. The van der Waals surface area contributed by atoms with Gasteiger partial charge in [-0.3, -0.25) is 0 Å². The third-order valence-electron chi connectivity index (χ3n) is 2.32. The molecular formula is C13H8Br4O2. The highest BCUT2D eigenvalue weighted by atomic mass is 79.9. The maximum absolute atomic E-state index is 5.88. The van der Waals surface area contributed by atoms with Crippen LogP contribution in [0.2, 0.25) is 0 Å². The van der Waals surface area contributed by atoms with Crippen LogP contribution in [-0.2, 0) is 0 Å². The van der Waals surface area contributed by atoms with Gasteiger partial charge in [-0.2, -0.15) is 0 Å². The van der Waals surface area contributed by atoms with E-state index in [1.54, 1.807) is 7.11 Å². The van der Waals surface area contributed by atoms with Crippen molar-refractivity contribution in [2.75, 3.05) is 7.11 Å². The van der Waals surface area contributed by atoms with Crippen molar-refractivity contribution in [2.45, 2.75) is 0 Å². The van der Waals surface area contributed by atoms with E-state index in [2.05, 4.69) is 63.7 Å². The predicted octanol–water partition coefficient (Wildman–Crippen LogP) is 6.54. The third-order valence-corrected chi connectivity index (χ3v) is 5.28. The molecule has 0 aliphatic rings. The van der Waals surface area contributed by atoms with Gasteiger partial charge >= 0.3 is 0 Å². The molecular weight excluding hydrogens is 508 g/mol. The molecule has 0 bridgehead atoms. The van der Waals surface area contributed by atoms with E-state index in [4.69, 9.17) is 9.47 Å². The van der Waals surface area contributed by atoms with Crippen LogP contribution in [-0.4, -0.2) is 7.11 Å². The van der Waals surface area contributed by atoms with Gasteiger partial charge in [0.05, 0.1) is 11.6 Å². The Morgan fingerprint density at radius 3 is 1.95 bits per heavy atom. The molecule has 0 aromatic heterocycles. The van der Waals surface area contributed by atoms with Crippen molar-refractivity contribution in [2.24, 2.45) is 0 Å². The maximum atomic E-state index is 5.88. The summed E-state index contributed by atoms with van der Waals surface area (Å²) in [5, 5.41) is 0. The summed E-state index contributed by atoms with van der Waals surface area (Å²) >= 11 is 13.8. The van der Waals surface area contributed by atoms with E-state index in [9.17, 15) is 0 Å². The van der Waals surface area contributed by atoms with Gasteiger partial charge in [0, 0.05) is 13.4 Å². The number of halogens is 4. The van der Waals surface area contributed by atoms with Crippen LogP contribution in [0.25, 0.3) is 0 Å². The predicted molar refractivity (Wildman–Crippen MR) is 90.3 cm³/mol. The highest BCUT2D eigenvalue weighted by Crippen LogP contribution is 2.40. The summed E-state index contributed by atoms with van der Waals surface area (Å²) in [6, 6.07) is 9.43. The first-order chi connectivity index (χ1) is 9.01. The van der Waals surface area contributed by atoms with Gasteiger partial charge in [-0.25, -0.2) is 0 Å². The zero-order valence-corrected chi connectivity index (χ0v) is 16.1. The highest BCUT2D eigenvalue weighted by Gasteiger charge is 2.11. The molecule has 0 fully saturated rings. The average Bonchev–Trinajstić information content (AvgIpc) is 2.36. The number of methoxy groups -OCH3 is 1. The summed E-state index contributed by atoms with van der Waals surface area (Å²) in [6.45, 7) is 0. The summed E-state index contributed by atoms with van der Waals surface area (Å²) in [4.78, 5) is 0. The van der Waals surface area contributed by atoms with Gasteiger partial charge in [0.15, 0.2) is 11.5 Å². The molecule has 19 heavy (non-hydrogen) atoms. The fourth-order valence-corrected chi connectivity index (χ4v) is 3.20. The molecule has 0 amide bonds. The van der Waals surface area contributed by atoms with Crippen LogP contribution in [0.15, 0.2) is 48.2 Å². The molecule has 0 spiro atoms. The lowest BCUT2D eigenvalue weighted by molar-refractivity contribution is 0.377. The molecule has 0 saturated heterocycles. The standard InChI is InChI=1S/C13H8Br4O2/c1-18-12-5-8(15)9(16)6-13(12)19-11-3-2-7(14)4-10(11)17/h2-6H,1H3. The Morgan fingerprint density at radius 1 is 0.737 bits per heavy atom. The van der Waals surface area contributed by atoms with Crippen molar-refractivity contribution in [3.8, 4) is 17.2 Å². The van der Waals surface area contributed by atoms with Crippen LogP contribution in [0, 0.1) is 0 Å². The number of hydrogen-bond donors (Lipinski definition) is 0. The van der Waals surface area contributed by atoms with Crippen molar-refractivity contribution in [3.63, 3.8) is 0 Å². The second-order valence-corrected chi connectivity index (χ2v) is 7.07. The van der Waals surface area contributed by atoms with Crippen LogP contribution < -0.4 is 9.47 Å². The molecule has 2 aromatic rings. The zero-order chi connectivity index (χ0) is 14.0. The molecule has 0 aliphatic carbocycles. The topological polar surface area (TPSA) is 18.5 Å². The van der Waals surface area contributed by atoms with Crippen LogP contribution in [0.3, 0.4) is 0 Å². The number of ether oxygens (including phenoxy) is 2. The van der Waals surface area contributed by atoms with E-state index >= 15 is 0 Å². The molecule has 0 unspecified atom stereocenters. The molecule has 2 nitrogen and oxygen atoms in total. The summed E-state index contributed by atoms with van der Waals surface area (Å²) < 4.78 is 14.8. The minimum Gasteiger partial charge on any atom is -0.493 e. The van der Waals surface area contributed by atoms with Crippen LogP contribution in [0.4, 0.5) is 0 Å². The van der Waals surface area contributed by atoms with Crippen LogP contribution >= 0.6 is 63.7 Å². The Hall–Kier alpha value is -0.0400. The monoisotopic (exact) mass is 512 g/mol. The Kier molecular flexibility index (Phi) is 5.34. The van der Waals surface area contributed by atoms with Crippen LogP contribution in [0.5, 0.6) is 17.2 Å². The highest BCUT2D eigenvalue weighted by molar-refractivity contribution is 9.13.